The number of nitrogens with two attached hydrogens (primary N) is 1. The summed E-state index contributed by atoms with van der Waals surface area (Å²) in [6.07, 6.45) is 0.0493. The first kappa shape index (κ1) is 23.0. The minimum atomic E-state index is -0.494. The fourth-order valence-corrected chi connectivity index (χ4v) is 4.16. The lowest BCUT2D eigenvalue weighted by atomic mass is 10.0. The number of nitrogens with zero attached hydrogens (tertiary/aromatic N) is 1. The van der Waals surface area contributed by atoms with Gasteiger partial charge < -0.3 is 21.1 Å². The Kier molecular flexibility index (Phi) is 7.56. The fourth-order valence-electron chi connectivity index (χ4n) is 3.17. The third-order valence-electron chi connectivity index (χ3n) is 4.63. The Morgan fingerprint density at radius 1 is 1.16 bits per heavy atom. The summed E-state index contributed by atoms with van der Waals surface area (Å²) in [4.78, 5) is 30.2. The van der Waals surface area contributed by atoms with Crippen LogP contribution in [0.4, 0.5) is 5.13 Å². The van der Waals surface area contributed by atoms with Crippen LogP contribution in [-0.2, 0) is 9.53 Å². The third kappa shape index (κ3) is 5.92. The largest absolute Gasteiger partial charge is 0.466 e. The van der Waals surface area contributed by atoms with E-state index in [0.717, 1.165) is 21.7 Å². The molecule has 3 rings (SSSR count). The SMILES string of the molecule is CCOC(=O)CC(NC(=O)c1ccc(-c2sc(NC(=N)N)nc2C)cc1)c1ccccc1. The Labute approximate surface area is 190 Å². The highest BCUT2D eigenvalue weighted by molar-refractivity contribution is 7.19. The molecule has 0 aliphatic heterocycles. The number of thiazole rings is 1. The van der Waals surface area contributed by atoms with Crippen LogP contribution in [0.5, 0.6) is 0 Å². The van der Waals surface area contributed by atoms with E-state index in [1.807, 2.05) is 49.4 Å². The number of aryl methyl sites for hydroxylation is 1. The number of rotatable bonds is 8. The Morgan fingerprint density at radius 3 is 2.47 bits per heavy atom. The van der Waals surface area contributed by atoms with Gasteiger partial charge >= 0.3 is 5.97 Å². The molecule has 0 radical (unpaired) electrons. The molecule has 0 spiro atoms. The van der Waals surface area contributed by atoms with Gasteiger partial charge in [0.1, 0.15) is 0 Å². The number of ether oxygens (including phenoxy) is 1. The highest BCUT2D eigenvalue weighted by Crippen LogP contribution is 2.32. The standard InChI is InChI=1S/C23H25N5O3S/c1-3-31-19(29)13-18(15-7-5-4-6-8-15)27-21(30)17-11-9-16(10-12-17)20-14(2)26-23(32-20)28-22(24)25/h4-12,18H,3,13H2,1-2H3,(H,27,30)(H4,24,25,26,28). The molecule has 1 heterocycles. The van der Waals surface area contributed by atoms with Crippen molar-refractivity contribution < 1.29 is 14.3 Å². The van der Waals surface area contributed by atoms with E-state index in [1.165, 1.54) is 11.3 Å². The molecule has 1 atom stereocenters. The summed E-state index contributed by atoms with van der Waals surface area (Å²) in [5.41, 5.74) is 8.38. The van der Waals surface area contributed by atoms with Crippen LogP contribution in [-0.4, -0.2) is 29.4 Å². The average Bonchev–Trinajstić information content (AvgIpc) is 3.13. The second-order valence-electron chi connectivity index (χ2n) is 7.00. The maximum atomic E-state index is 12.9. The zero-order chi connectivity index (χ0) is 23.1. The minimum absolute atomic E-state index is 0.0493. The smallest absolute Gasteiger partial charge is 0.308 e. The van der Waals surface area contributed by atoms with Crippen LogP contribution in [0.25, 0.3) is 10.4 Å². The lowest BCUT2D eigenvalue weighted by molar-refractivity contribution is -0.143. The van der Waals surface area contributed by atoms with E-state index in [0.29, 0.717) is 10.7 Å². The van der Waals surface area contributed by atoms with Crippen molar-refractivity contribution in [1.82, 2.24) is 10.3 Å². The number of carbonyl (C=O) groups excluding carboxylic acids is 2. The molecule has 5 N–H and O–H groups in total. The van der Waals surface area contributed by atoms with Gasteiger partial charge in [-0.1, -0.05) is 53.8 Å². The summed E-state index contributed by atoms with van der Waals surface area (Å²) in [5, 5.41) is 13.5. The minimum Gasteiger partial charge on any atom is -0.466 e. The van der Waals surface area contributed by atoms with Crippen molar-refractivity contribution in [3.05, 3.63) is 71.4 Å². The number of anilines is 1. The Bertz CT molecular complexity index is 1100. The summed E-state index contributed by atoms with van der Waals surface area (Å²) in [6.45, 7) is 3.91. The molecule has 0 bridgehead atoms. The second kappa shape index (κ2) is 10.5. The number of benzene rings is 2. The van der Waals surface area contributed by atoms with Gasteiger partial charge in [0.25, 0.3) is 5.91 Å². The van der Waals surface area contributed by atoms with Crippen LogP contribution in [0, 0.1) is 12.3 Å². The van der Waals surface area contributed by atoms with Crippen molar-refractivity contribution in [3.63, 3.8) is 0 Å². The number of amides is 1. The molecule has 2 aromatic carbocycles. The third-order valence-corrected chi connectivity index (χ3v) is 5.75. The zero-order valence-corrected chi connectivity index (χ0v) is 18.7. The molecule has 9 heteroatoms. The molecule has 0 aliphatic carbocycles. The normalized spacial score (nSPS) is 11.4. The van der Waals surface area contributed by atoms with Crippen LogP contribution in [0.1, 0.15) is 41.0 Å². The topological polar surface area (TPSA) is 130 Å². The van der Waals surface area contributed by atoms with E-state index in [9.17, 15) is 9.59 Å². The first-order valence-electron chi connectivity index (χ1n) is 10.1. The van der Waals surface area contributed by atoms with Crippen molar-refractivity contribution in [2.45, 2.75) is 26.3 Å². The van der Waals surface area contributed by atoms with E-state index in [4.69, 9.17) is 15.9 Å². The van der Waals surface area contributed by atoms with E-state index < -0.39 is 6.04 Å². The highest BCUT2D eigenvalue weighted by Gasteiger charge is 2.20. The van der Waals surface area contributed by atoms with Crippen LogP contribution < -0.4 is 16.4 Å². The van der Waals surface area contributed by atoms with Crippen molar-refractivity contribution in [2.24, 2.45) is 5.73 Å². The van der Waals surface area contributed by atoms with Crippen molar-refractivity contribution in [3.8, 4) is 10.4 Å². The number of nitrogens with one attached hydrogen (secondary N) is 3. The molecule has 0 saturated heterocycles. The lowest BCUT2D eigenvalue weighted by Crippen LogP contribution is -2.30. The van der Waals surface area contributed by atoms with E-state index in [1.54, 1.807) is 19.1 Å². The molecular weight excluding hydrogens is 426 g/mol. The van der Waals surface area contributed by atoms with E-state index in [2.05, 4.69) is 15.6 Å². The van der Waals surface area contributed by atoms with Gasteiger partial charge in [-0.3, -0.25) is 15.0 Å². The first-order chi connectivity index (χ1) is 15.4. The lowest BCUT2D eigenvalue weighted by Gasteiger charge is -2.18. The number of hydrogen-bond acceptors (Lipinski definition) is 6. The van der Waals surface area contributed by atoms with Crippen LogP contribution in [0.2, 0.25) is 0 Å². The summed E-state index contributed by atoms with van der Waals surface area (Å²) < 4.78 is 5.06. The van der Waals surface area contributed by atoms with Gasteiger partial charge in [-0.05, 0) is 37.1 Å². The molecule has 0 aliphatic rings. The molecule has 0 fully saturated rings. The van der Waals surface area contributed by atoms with Gasteiger partial charge in [0.2, 0.25) is 0 Å². The highest BCUT2D eigenvalue weighted by atomic mass is 32.1. The molecule has 0 saturated carbocycles. The van der Waals surface area contributed by atoms with E-state index >= 15 is 0 Å². The van der Waals surface area contributed by atoms with E-state index in [-0.39, 0.29) is 30.9 Å². The molecule has 166 valence electrons. The second-order valence-corrected chi connectivity index (χ2v) is 7.99. The van der Waals surface area contributed by atoms with Gasteiger partial charge in [0, 0.05) is 5.56 Å². The van der Waals surface area contributed by atoms with Gasteiger partial charge in [0.15, 0.2) is 11.1 Å². The molecule has 1 amide bonds. The Hall–Kier alpha value is -3.72. The quantitative estimate of drug-likeness (QED) is 0.234. The van der Waals surface area contributed by atoms with Crippen LogP contribution >= 0.6 is 11.3 Å². The zero-order valence-electron chi connectivity index (χ0n) is 17.8. The summed E-state index contributed by atoms with van der Waals surface area (Å²) in [7, 11) is 0. The van der Waals surface area contributed by atoms with Crippen LogP contribution in [0.3, 0.4) is 0 Å². The van der Waals surface area contributed by atoms with Crippen molar-refractivity contribution >= 4 is 34.3 Å². The maximum Gasteiger partial charge on any atom is 0.308 e. The molecule has 3 aromatic rings. The van der Waals surface area contributed by atoms with Crippen LogP contribution in [0.15, 0.2) is 54.6 Å². The predicted molar refractivity (Wildman–Crippen MR) is 126 cm³/mol. The number of carbonyl (C=O) groups is 2. The fraction of sp³-hybridized carbons (Fsp3) is 0.217. The Morgan fingerprint density at radius 2 is 1.84 bits per heavy atom. The molecule has 32 heavy (non-hydrogen) atoms. The summed E-state index contributed by atoms with van der Waals surface area (Å²) >= 11 is 1.38. The average molecular weight is 452 g/mol. The predicted octanol–water partition coefficient (Wildman–Crippen LogP) is 3.85. The summed E-state index contributed by atoms with van der Waals surface area (Å²) in [6, 6.07) is 16.0. The van der Waals surface area contributed by atoms with Gasteiger partial charge in [0.05, 0.1) is 29.6 Å². The molecule has 1 aromatic heterocycles. The first-order valence-corrected chi connectivity index (χ1v) is 10.9. The number of guanidine groups is 1. The van der Waals surface area contributed by atoms with Gasteiger partial charge in [-0.25, -0.2) is 4.98 Å². The Balaban J connectivity index is 1.76. The number of hydrogen-bond donors (Lipinski definition) is 4. The van der Waals surface area contributed by atoms with Gasteiger partial charge in [-0.15, -0.1) is 0 Å². The maximum absolute atomic E-state index is 12.9. The molecule has 8 nitrogen and oxygen atoms in total. The molecular formula is C23H25N5O3S. The van der Waals surface area contributed by atoms with Crippen molar-refractivity contribution in [2.75, 3.05) is 11.9 Å². The van der Waals surface area contributed by atoms with Crippen molar-refractivity contribution in [1.29, 1.82) is 5.41 Å². The van der Waals surface area contributed by atoms with Gasteiger partial charge in [-0.2, -0.15) is 0 Å². The molecule has 1 unspecified atom stereocenters. The number of aromatic nitrogens is 1. The number of esters is 1. The summed E-state index contributed by atoms with van der Waals surface area (Å²) in [5.74, 6) is -0.824. The monoisotopic (exact) mass is 451 g/mol.